The van der Waals surface area contributed by atoms with Crippen LogP contribution in [0.4, 0.5) is 4.39 Å². The summed E-state index contributed by atoms with van der Waals surface area (Å²) >= 11 is 2.12. The smallest absolute Gasteiger partial charge is 0.240 e. The lowest BCUT2D eigenvalue weighted by Crippen LogP contribution is -2.38. The predicted octanol–water partition coefficient (Wildman–Crippen LogP) is 3.79. The van der Waals surface area contributed by atoms with Crippen LogP contribution in [0, 0.1) is 5.82 Å². The van der Waals surface area contributed by atoms with Gasteiger partial charge in [0.1, 0.15) is 18.2 Å². The lowest BCUT2D eigenvalue weighted by molar-refractivity contribution is -0.127. The first-order chi connectivity index (χ1) is 10.1. The molecule has 0 N–H and O–H groups in total. The van der Waals surface area contributed by atoms with Crippen LogP contribution in [0.15, 0.2) is 36.9 Å². The molecule has 0 radical (unpaired) electrons. The molecule has 0 bridgehead atoms. The normalized spacial score (nSPS) is 18.4. The van der Waals surface area contributed by atoms with Gasteiger partial charge < -0.3 is 9.64 Å². The molecule has 5 heteroatoms. The molecule has 1 aliphatic heterocycles. The van der Waals surface area contributed by atoms with E-state index >= 15 is 0 Å². The summed E-state index contributed by atoms with van der Waals surface area (Å²) in [6.07, 6.45) is 4.15. The van der Waals surface area contributed by atoms with E-state index in [9.17, 15) is 9.18 Å². The highest BCUT2D eigenvalue weighted by Crippen LogP contribution is 2.31. The third-order valence-electron chi connectivity index (χ3n) is 3.24. The van der Waals surface area contributed by atoms with E-state index in [4.69, 9.17) is 4.74 Å². The van der Waals surface area contributed by atoms with Gasteiger partial charge in [0.25, 0.3) is 0 Å². The molecule has 1 aromatic carbocycles. The van der Waals surface area contributed by atoms with Crippen LogP contribution in [-0.2, 0) is 4.79 Å². The molecule has 112 valence electrons. The molecule has 21 heavy (non-hydrogen) atoms. The van der Waals surface area contributed by atoms with Crippen molar-refractivity contribution in [3.63, 3.8) is 0 Å². The molecule has 3 nitrogen and oxygen atoms in total. The van der Waals surface area contributed by atoms with Crippen LogP contribution in [0.25, 0.3) is 5.70 Å². The molecular formula is C16H17FINO2. The van der Waals surface area contributed by atoms with Crippen molar-refractivity contribution in [2.24, 2.45) is 0 Å². The lowest BCUT2D eigenvalue weighted by atomic mass is 10.0. The van der Waals surface area contributed by atoms with Crippen molar-refractivity contribution in [1.29, 1.82) is 0 Å². The molecule has 2 rings (SSSR count). The van der Waals surface area contributed by atoms with Gasteiger partial charge in [-0.2, -0.15) is 0 Å². The highest BCUT2D eigenvalue weighted by Gasteiger charge is 2.29. The SMILES string of the molecule is C=CCOc1ccc(C2=CCC(I)C(=O)N2CC)c(F)c1. The third-order valence-corrected chi connectivity index (χ3v) is 4.28. The Kier molecular flexibility index (Phi) is 5.39. The third kappa shape index (κ3) is 3.45. The molecule has 1 amide bonds. The van der Waals surface area contributed by atoms with Crippen LogP contribution in [-0.4, -0.2) is 27.9 Å². The summed E-state index contributed by atoms with van der Waals surface area (Å²) in [6, 6.07) is 4.70. The minimum atomic E-state index is -0.388. The summed E-state index contributed by atoms with van der Waals surface area (Å²) < 4.78 is 19.5. The molecule has 1 atom stereocenters. The maximum Gasteiger partial charge on any atom is 0.240 e. The number of nitrogens with zero attached hydrogens (tertiary/aromatic N) is 1. The van der Waals surface area contributed by atoms with Gasteiger partial charge in [0.15, 0.2) is 0 Å². The van der Waals surface area contributed by atoms with E-state index in [0.29, 0.717) is 36.6 Å². The topological polar surface area (TPSA) is 29.5 Å². The standard InChI is InChI=1S/C16H17FINO2/c1-3-9-21-11-5-6-12(13(17)10-11)15-8-7-14(18)16(20)19(15)4-2/h3,5-6,8,10,14H,1,4,7,9H2,2H3. The number of allylic oxidation sites excluding steroid dienone is 1. The predicted molar refractivity (Wildman–Crippen MR) is 89.9 cm³/mol. The van der Waals surface area contributed by atoms with Gasteiger partial charge in [-0.15, -0.1) is 0 Å². The van der Waals surface area contributed by atoms with Crippen LogP contribution >= 0.6 is 22.6 Å². The minimum absolute atomic E-state index is 0.0296. The first-order valence-corrected chi connectivity index (χ1v) is 8.02. The van der Waals surface area contributed by atoms with Gasteiger partial charge in [0, 0.05) is 23.9 Å². The highest BCUT2D eigenvalue weighted by molar-refractivity contribution is 14.1. The Balaban J connectivity index is 2.32. The summed E-state index contributed by atoms with van der Waals surface area (Å²) in [5, 5.41) is 0. The Morgan fingerprint density at radius 2 is 2.33 bits per heavy atom. The van der Waals surface area contributed by atoms with E-state index in [1.807, 2.05) is 13.0 Å². The van der Waals surface area contributed by atoms with Crippen LogP contribution in [0.2, 0.25) is 0 Å². The molecule has 0 spiro atoms. The second kappa shape index (κ2) is 7.06. The van der Waals surface area contributed by atoms with E-state index in [1.165, 1.54) is 6.07 Å². The molecule has 0 aromatic heterocycles. The zero-order chi connectivity index (χ0) is 15.4. The van der Waals surface area contributed by atoms with Crippen molar-refractivity contribution in [2.45, 2.75) is 17.3 Å². The van der Waals surface area contributed by atoms with Crippen LogP contribution < -0.4 is 4.74 Å². The van der Waals surface area contributed by atoms with E-state index < -0.39 is 0 Å². The Labute approximate surface area is 137 Å². The Morgan fingerprint density at radius 1 is 1.57 bits per heavy atom. The zero-order valence-electron chi connectivity index (χ0n) is 11.8. The maximum atomic E-state index is 14.3. The van der Waals surface area contributed by atoms with Crippen LogP contribution in [0.1, 0.15) is 18.9 Å². The summed E-state index contributed by atoms with van der Waals surface area (Å²) in [5.74, 6) is 0.0941. The molecular weight excluding hydrogens is 384 g/mol. The zero-order valence-corrected chi connectivity index (χ0v) is 14.0. The van der Waals surface area contributed by atoms with Gasteiger partial charge in [-0.05, 0) is 25.5 Å². The van der Waals surface area contributed by atoms with Gasteiger partial charge in [-0.3, -0.25) is 4.79 Å². The molecule has 1 aromatic rings. The Bertz CT molecular complexity index is 586. The monoisotopic (exact) mass is 401 g/mol. The number of ether oxygens (including phenoxy) is 1. The number of carbonyl (C=O) groups is 1. The first kappa shape index (κ1) is 16.0. The lowest BCUT2D eigenvalue weighted by Gasteiger charge is -2.30. The Hall–Kier alpha value is -1.37. The summed E-state index contributed by atoms with van der Waals surface area (Å²) in [6.45, 7) is 6.30. The number of alkyl halides is 1. The van der Waals surface area contributed by atoms with Crippen LogP contribution in [0.3, 0.4) is 0 Å². The molecule has 0 saturated carbocycles. The molecule has 0 saturated heterocycles. The molecule has 1 heterocycles. The maximum absolute atomic E-state index is 14.3. The number of hydrogen-bond donors (Lipinski definition) is 0. The number of hydrogen-bond acceptors (Lipinski definition) is 2. The summed E-state index contributed by atoms with van der Waals surface area (Å²) in [4.78, 5) is 13.8. The quantitative estimate of drug-likeness (QED) is 0.427. The van der Waals surface area contributed by atoms with Crippen LogP contribution in [0.5, 0.6) is 5.75 Å². The van der Waals surface area contributed by atoms with Gasteiger partial charge in [0.05, 0.1) is 3.92 Å². The Morgan fingerprint density at radius 3 is 2.95 bits per heavy atom. The summed E-state index contributed by atoms with van der Waals surface area (Å²) in [7, 11) is 0. The van der Waals surface area contributed by atoms with E-state index in [2.05, 4.69) is 29.2 Å². The number of amides is 1. The molecule has 0 aliphatic carbocycles. The van der Waals surface area contributed by atoms with E-state index in [1.54, 1.807) is 23.1 Å². The number of halogens is 2. The first-order valence-electron chi connectivity index (χ1n) is 6.77. The second-order valence-corrected chi connectivity index (χ2v) is 6.12. The molecule has 1 unspecified atom stereocenters. The van der Waals surface area contributed by atoms with Crippen molar-refractivity contribution in [2.75, 3.05) is 13.2 Å². The minimum Gasteiger partial charge on any atom is -0.489 e. The second-order valence-electron chi connectivity index (χ2n) is 4.62. The fourth-order valence-electron chi connectivity index (χ4n) is 2.24. The summed E-state index contributed by atoms with van der Waals surface area (Å²) in [5.41, 5.74) is 1.07. The van der Waals surface area contributed by atoms with Gasteiger partial charge in [0.2, 0.25) is 5.91 Å². The average molecular weight is 401 g/mol. The van der Waals surface area contributed by atoms with Crippen molar-refractivity contribution >= 4 is 34.2 Å². The highest BCUT2D eigenvalue weighted by atomic mass is 127. The molecule has 0 fully saturated rings. The van der Waals surface area contributed by atoms with Gasteiger partial charge in [-0.25, -0.2) is 4.39 Å². The average Bonchev–Trinajstić information content (AvgIpc) is 2.48. The largest absolute Gasteiger partial charge is 0.489 e. The fraction of sp³-hybridized carbons (Fsp3) is 0.312. The van der Waals surface area contributed by atoms with Crippen molar-refractivity contribution in [3.8, 4) is 5.75 Å². The van der Waals surface area contributed by atoms with Crippen molar-refractivity contribution < 1.29 is 13.9 Å². The fourth-order valence-corrected chi connectivity index (χ4v) is 2.83. The van der Waals surface area contributed by atoms with E-state index in [0.717, 1.165) is 0 Å². The number of rotatable bonds is 5. The van der Waals surface area contributed by atoms with Crippen molar-refractivity contribution in [3.05, 3.63) is 48.3 Å². The van der Waals surface area contributed by atoms with Gasteiger partial charge in [-0.1, -0.05) is 41.3 Å². The number of benzene rings is 1. The van der Waals surface area contributed by atoms with Gasteiger partial charge >= 0.3 is 0 Å². The number of carbonyl (C=O) groups excluding carboxylic acids is 1. The van der Waals surface area contributed by atoms with Crippen molar-refractivity contribution in [1.82, 2.24) is 4.90 Å². The van der Waals surface area contributed by atoms with E-state index in [-0.39, 0.29) is 15.6 Å². The molecule has 1 aliphatic rings.